The summed E-state index contributed by atoms with van der Waals surface area (Å²) in [5, 5.41) is 3.96. The molecule has 1 atom stereocenters. The summed E-state index contributed by atoms with van der Waals surface area (Å²) in [6, 6.07) is 14.2. The average Bonchev–Trinajstić information content (AvgIpc) is 2.60. The lowest BCUT2D eigenvalue weighted by molar-refractivity contribution is 0.0634. The minimum absolute atomic E-state index is 0. The molecule has 1 unspecified atom stereocenters. The number of halogens is 2. The topological polar surface area (TPSA) is 66.5 Å². The SMILES string of the molecule is CS(=O)(=O)Cc1ccc(C(=O)N2CCNCC2c2cccc(Cl)c2)cc1.Cl. The second-order valence-electron chi connectivity index (χ2n) is 6.54. The first-order chi connectivity index (χ1) is 12.3. The molecule has 27 heavy (non-hydrogen) atoms. The third-order valence-electron chi connectivity index (χ3n) is 4.37. The zero-order valence-corrected chi connectivity index (χ0v) is 17.3. The molecule has 2 aromatic rings. The van der Waals surface area contributed by atoms with E-state index in [1.54, 1.807) is 24.3 Å². The molecule has 1 N–H and O–H groups in total. The molecule has 1 heterocycles. The lowest BCUT2D eigenvalue weighted by atomic mass is 10.0. The molecule has 1 aliphatic rings. The van der Waals surface area contributed by atoms with E-state index >= 15 is 0 Å². The average molecular weight is 429 g/mol. The van der Waals surface area contributed by atoms with Gasteiger partial charge in [-0.2, -0.15) is 0 Å². The van der Waals surface area contributed by atoms with Crippen LogP contribution in [0.15, 0.2) is 48.5 Å². The van der Waals surface area contributed by atoms with Crippen LogP contribution < -0.4 is 5.32 Å². The number of hydrogen-bond acceptors (Lipinski definition) is 4. The second kappa shape index (κ2) is 9.06. The lowest BCUT2D eigenvalue weighted by Gasteiger charge is -2.36. The molecule has 0 aliphatic carbocycles. The van der Waals surface area contributed by atoms with E-state index in [-0.39, 0.29) is 30.1 Å². The van der Waals surface area contributed by atoms with Crippen LogP contribution in [0.3, 0.4) is 0 Å². The summed E-state index contributed by atoms with van der Waals surface area (Å²) in [5.41, 5.74) is 2.22. The third kappa shape index (κ3) is 5.69. The Balaban J connectivity index is 0.00000261. The zero-order valence-electron chi connectivity index (χ0n) is 14.9. The predicted octanol–water partition coefficient (Wildman–Crippen LogP) is 3.09. The largest absolute Gasteiger partial charge is 0.329 e. The Labute approximate surface area is 171 Å². The van der Waals surface area contributed by atoms with Gasteiger partial charge in [0.05, 0.1) is 11.8 Å². The Kier molecular flexibility index (Phi) is 7.28. The molecule has 0 aromatic heterocycles. The molecule has 146 valence electrons. The van der Waals surface area contributed by atoms with Crippen LogP contribution >= 0.6 is 24.0 Å². The van der Waals surface area contributed by atoms with E-state index < -0.39 is 9.84 Å². The van der Waals surface area contributed by atoms with Crippen LogP contribution in [0, 0.1) is 0 Å². The number of nitrogens with one attached hydrogen (secondary N) is 1. The quantitative estimate of drug-likeness (QED) is 0.811. The summed E-state index contributed by atoms with van der Waals surface area (Å²) in [7, 11) is -3.10. The van der Waals surface area contributed by atoms with Crippen LogP contribution in [0.1, 0.15) is 27.5 Å². The second-order valence-corrected chi connectivity index (χ2v) is 9.12. The highest BCUT2D eigenvalue weighted by Gasteiger charge is 2.28. The van der Waals surface area contributed by atoms with Gasteiger partial charge in [0.15, 0.2) is 9.84 Å². The standard InChI is InChI=1S/C19H21ClN2O3S.ClH/c1-26(24,25)13-14-5-7-15(8-6-14)19(23)22-10-9-21-12-18(22)16-3-2-4-17(20)11-16;/h2-8,11,18,21H,9-10,12-13H2,1H3;1H. The van der Waals surface area contributed by atoms with Crippen molar-refractivity contribution in [3.05, 3.63) is 70.2 Å². The summed E-state index contributed by atoms with van der Waals surface area (Å²) in [6.07, 6.45) is 1.20. The number of hydrogen-bond donors (Lipinski definition) is 1. The Bertz CT molecular complexity index is 901. The normalized spacial score (nSPS) is 17.3. The minimum Gasteiger partial charge on any atom is -0.329 e. The summed E-state index contributed by atoms with van der Waals surface area (Å²) in [5.74, 6) is -0.0948. The third-order valence-corrected chi connectivity index (χ3v) is 5.46. The molecule has 2 aromatic carbocycles. The van der Waals surface area contributed by atoms with Crippen molar-refractivity contribution in [3.8, 4) is 0 Å². The molecule has 0 bridgehead atoms. The fourth-order valence-electron chi connectivity index (χ4n) is 3.17. The summed E-state index contributed by atoms with van der Waals surface area (Å²) in [6.45, 7) is 1.99. The van der Waals surface area contributed by atoms with Crippen molar-refractivity contribution in [2.45, 2.75) is 11.8 Å². The van der Waals surface area contributed by atoms with Gasteiger partial charge >= 0.3 is 0 Å². The van der Waals surface area contributed by atoms with Gasteiger partial charge in [0.25, 0.3) is 5.91 Å². The molecular weight excluding hydrogens is 407 g/mol. The lowest BCUT2D eigenvalue weighted by Crippen LogP contribution is -2.48. The highest BCUT2D eigenvalue weighted by Crippen LogP contribution is 2.26. The Morgan fingerprint density at radius 2 is 1.93 bits per heavy atom. The van der Waals surface area contributed by atoms with Crippen LogP contribution in [0.25, 0.3) is 0 Å². The molecule has 0 saturated carbocycles. The van der Waals surface area contributed by atoms with Crippen LogP contribution in [-0.4, -0.2) is 45.1 Å². The first kappa shape index (κ1) is 21.7. The maximum atomic E-state index is 13.0. The fraction of sp³-hybridized carbons (Fsp3) is 0.316. The first-order valence-electron chi connectivity index (χ1n) is 8.37. The van der Waals surface area contributed by atoms with E-state index in [0.29, 0.717) is 29.2 Å². The minimum atomic E-state index is -3.10. The highest BCUT2D eigenvalue weighted by atomic mass is 35.5. The predicted molar refractivity (Wildman–Crippen MR) is 110 cm³/mol. The van der Waals surface area contributed by atoms with Gasteiger partial charge in [0.1, 0.15) is 0 Å². The number of sulfone groups is 1. The molecule has 0 spiro atoms. The van der Waals surface area contributed by atoms with Gasteiger partial charge in [-0.15, -0.1) is 12.4 Å². The van der Waals surface area contributed by atoms with Crippen molar-refractivity contribution in [3.63, 3.8) is 0 Å². The fourth-order valence-corrected chi connectivity index (χ4v) is 4.17. The number of carbonyl (C=O) groups is 1. The smallest absolute Gasteiger partial charge is 0.254 e. The van der Waals surface area contributed by atoms with E-state index in [2.05, 4.69) is 5.32 Å². The zero-order chi connectivity index (χ0) is 18.7. The molecule has 0 radical (unpaired) electrons. The molecule has 1 amide bonds. The van der Waals surface area contributed by atoms with Gasteiger partial charge < -0.3 is 10.2 Å². The summed E-state index contributed by atoms with van der Waals surface area (Å²) >= 11 is 6.11. The molecule has 5 nitrogen and oxygen atoms in total. The molecule has 1 fully saturated rings. The van der Waals surface area contributed by atoms with Crippen molar-refractivity contribution in [1.29, 1.82) is 0 Å². The van der Waals surface area contributed by atoms with Crippen LogP contribution in [0.4, 0.5) is 0 Å². The van der Waals surface area contributed by atoms with Crippen molar-refractivity contribution in [2.75, 3.05) is 25.9 Å². The first-order valence-corrected chi connectivity index (χ1v) is 10.8. The van der Waals surface area contributed by atoms with Gasteiger partial charge in [0, 0.05) is 36.5 Å². The highest BCUT2D eigenvalue weighted by molar-refractivity contribution is 7.89. The molecule has 8 heteroatoms. The van der Waals surface area contributed by atoms with Gasteiger partial charge in [-0.1, -0.05) is 35.9 Å². The van der Waals surface area contributed by atoms with Crippen molar-refractivity contribution in [2.24, 2.45) is 0 Å². The van der Waals surface area contributed by atoms with Crippen LogP contribution in [-0.2, 0) is 15.6 Å². The van der Waals surface area contributed by atoms with Crippen molar-refractivity contribution < 1.29 is 13.2 Å². The maximum Gasteiger partial charge on any atom is 0.254 e. The number of amides is 1. The number of carbonyl (C=O) groups excluding carboxylic acids is 1. The summed E-state index contributed by atoms with van der Waals surface area (Å²) in [4.78, 5) is 14.9. The molecule has 1 aliphatic heterocycles. The van der Waals surface area contributed by atoms with E-state index in [4.69, 9.17) is 11.6 Å². The maximum absolute atomic E-state index is 13.0. The van der Waals surface area contributed by atoms with Gasteiger partial charge in [-0.3, -0.25) is 4.79 Å². The van der Waals surface area contributed by atoms with E-state index in [1.165, 1.54) is 6.26 Å². The monoisotopic (exact) mass is 428 g/mol. The van der Waals surface area contributed by atoms with Crippen molar-refractivity contribution >= 4 is 39.8 Å². The molecular formula is C19H22Cl2N2O3S. The molecule has 1 saturated heterocycles. The number of benzene rings is 2. The van der Waals surface area contributed by atoms with Gasteiger partial charge in [-0.05, 0) is 35.4 Å². The Morgan fingerprint density at radius 1 is 1.22 bits per heavy atom. The van der Waals surface area contributed by atoms with E-state index in [9.17, 15) is 13.2 Å². The summed E-state index contributed by atoms with van der Waals surface area (Å²) < 4.78 is 22.8. The number of piperazine rings is 1. The van der Waals surface area contributed by atoms with Crippen LogP contribution in [0.5, 0.6) is 0 Å². The van der Waals surface area contributed by atoms with Crippen molar-refractivity contribution in [1.82, 2.24) is 10.2 Å². The molecule has 3 rings (SSSR count). The number of nitrogens with zero attached hydrogens (tertiary/aromatic N) is 1. The van der Waals surface area contributed by atoms with Gasteiger partial charge in [-0.25, -0.2) is 8.42 Å². The Hall–Kier alpha value is -1.60. The van der Waals surface area contributed by atoms with E-state index in [1.807, 2.05) is 29.2 Å². The van der Waals surface area contributed by atoms with E-state index in [0.717, 1.165) is 12.1 Å². The van der Waals surface area contributed by atoms with Gasteiger partial charge in [0.2, 0.25) is 0 Å². The van der Waals surface area contributed by atoms with Crippen LogP contribution in [0.2, 0.25) is 5.02 Å². The number of rotatable bonds is 4. The Morgan fingerprint density at radius 3 is 2.56 bits per heavy atom.